The normalized spacial score (nSPS) is 13.1. The average molecular weight is 303 g/mol. The molecule has 0 saturated carbocycles. The Balaban J connectivity index is 3.23. The Morgan fingerprint density at radius 3 is 2.43 bits per heavy atom. The maximum absolute atomic E-state index is 12.4. The van der Waals surface area contributed by atoms with Crippen molar-refractivity contribution in [2.75, 3.05) is 7.11 Å². The number of nitrogens with two attached hydrogens (primary N) is 1. The van der Waals surface area contributed by atoms with Gasteiger partial charge >= 0.3 is 12.6 Å². The van der Waals surface area contributed by atoms with Gasteiger partial charge in [-0.05, 0) is 31.5 Å². The lowest BCUT2D eigenvalue weighted by Gasteiger charge is -2.30. The van der Waals surface area contributed by atoms with Crippen molar-refractivity contribution in [3.05, 3.63) is 23.8 Å². The van der Waals surface area contributed by atoms with Crippen LogP contribution in [0.25, 0.3) is 0 Å². The first kappa shape index (κ1) is 17.2. The van der Waals surface area contributed by atoms with E-state index >= 15 is 0 Å². The zero-order chi connectivity index (χ0) is 16.2. The Morgan fingerprint density at radius 1 is 1.38 bits per heavy atom. The lowest BCUT2D eigenvalue weighted by Crippen LogP contribution is -2.40. The molecule has 7 heteroatoms. The van der Waals surface area contributed by atoms with Crippen LogP contribution in [0.4, 0.5) is 8.78 Å². The summed E-state index contributed by atoms with van der Waals surface area (Å²) in [5, 5.41) is 8.99. The van der Waals surface area contributed by atoms with E-state index in [1.54, 1.807) is 19.9 Å². The lowest BCUT2D eigenvalue weighted by atomic mass is 9.80. The number of methoxy groups -OCH3 is 1. The molecule has 0 heterocycles. The van der Waals surface area contributed by atoms with E-state index in [4.69, 9.17) is 15.6 Å². The van der Waals surface area contributed by atoms with E-state index in [0.717, 1.165) is 0 Å². The molecule has 1 aromatic rings. The molecule has 0 aliphatic heterocycles. The summed E-state index contributed by atoms with van der Waals surface area (Å²) in [6, 6.07) is 4.39. The highest BCUT2D eigenvalue weighted by atomic mass is 19.3. The lowest BCUT2D eigenvalue weighted by molar-refractivity contribution is -0.137. The van der Waals surface area contributed by atoms with Gasteiger partial charge in [-0.3, -0.25) is 4.79 Å². The van der Waals surface area contributed by atoms with Crippen LogP contribution in [0.1, 0.15) is 31.7 Å². The molecule has 1 rings (SSSR count). The van der Waals surface area contributed by atoms with Crippen molar-refractivity contribution in [2.24, 2.45) is 5.73 Å². The maximum Gasteiger partial charge on any atom is 0.387 e. The Kier molecular flexibility index (Phi) is 5.48. The second-order valence-corrected chi connectivity index (χ2v) is 5.26. The van der Waals surface area contributed by atoms with Gasteiger partial charge in [0.25, 0.3) is 0 Å². The maximum atomic E-state index is 12.4. The molecule has 1 unspecified atom stereocenters. The fourth-order valence-corrected chi connectivity index (χ4v) is 2.08. The minimum atomic E-state index is -3.00. The highest BCUT2D eigenvalue weighted by Gasteiger charge is 2.30. The van der Waals surface area contributed by atoms with E-state index in [2.05, 4.69) is 4.74 Å². The summed E-state index contributed by atoms with van der Waals surface area (Å²) >= 11 is 0. The molecular formula is C14H19F2NO4. The van der Waals surface area contributed by atoms with Crippen LogP contribution >= 0.6 is 0 Å². The average Bonchev–Trinajstić information content (AvgIpc) is 2.33. The van der Waals surface area contributed by atoms with Gasteiger partial charge in [-0.25, -0.2) is 0 Å². The smallest absolute Gasteiger partial charge is 0.387 e. The van der Waals surface area contributed by atoms with Crippen molar-refractivity contribution >= 4 is 5.97 Å². The Hall–Kier alpha value is -1.89. The zero-order valence-corrected chi connectivity index (χ0v) is 12.1. The van der Waals surface area contributed by atoms with Gasteiger partial charge in [0.1, 0.15) is 0 Å². The Bertz CT molecular complexity index is 500. The van der Waals surface area contributed by atoms with E-state index in [1.807, 2.05) is 0 Å². The van der Waals surface area contributed by atoms with Crippen LogP contribution in [0.5, 0.6) is 11.5 Å². The first-order valence-corrected chi connectivity index (χ1v) is 6.28. The van der Waals surface area contributed by atoms with E-state index in [0.29, 0.717) is 5.56 Å². The number of carboxylic acid groups (broad SMARTS) is 1. The fraction of sp³-hybridized carbons (Fsp3) is 0.500. The molecule has 0 fully saturated rings. The van der Waals surface area contributed by atoms with Gasteiger partial charge in [0, 0.05) is 11.5 Å². The minimum Gasteiger partial charge on any atom is -0.493 e. The van der Waals surface area contributed by atoms with Crippen molar-refractivity contribution in [3.8, 4) is 11.5 Å². The number of hydrogen-bond donors (Lipinski definition) is 2. The number of aliphatic carboxylic acids is 1. The third-order valence-electron chi connectivity index (χ3n) is 3.08. The van der Waals surface area contributed by atoms with Crippen LogP contribution in [0.3, 0.4) is 0 Å². The summed E-state index contributed by atoms with van der Waals surface area (Å²) in [5.74, 6) is -1.58. The van der Waals surface area contributed by atoms with Gasteiger partial charge in [-0.15, -0.1) is 0 Å². The number of halogens is 2. The summed E-state index contributed by atoms with van der Waals surface area (Å²) in [5.41, 5.74) is 5.66. The van der Waals surface area contributed by atoms with Crippen LogP contribution in [0.2, 0.25) is 0 Å². The van der Waals surface area contributed by atoms with E-state index in [-0.39, 0.29) is 17.9 Å². The van der Waals surface area contributed by atoms with Crippen molar-refractivity contribution in [2.45, 2.75) is 38.3 Å². The molecule has 1 aromatic carbocycles. The van der Waals surface area contributed by atoms with Crippen LogP contribution in [-0.4, -0.2) is 30.3 Å². The first-order valence-electron chi connectivity index (χ1n) is 6.28. The summed E-state index contributed by atoms with van der Waals surface area (Å²) in [6.45, 7) is 0.356. The number of carboxylic acids is 1. The predicted molar refractivity (Wildman–Crippen MR) is 72.9 cm³/mol. The number of carbonyl (C=O) groups is 1. The van der Waals surface area contributed by atoms with Gasteiger partial charge in [0.2, 0.25) is 0 Å². The van der Waals surface area contributed by atoms with Crippen LogP contribution < -0.4 is 15.2 Å². The second-order valence-electron chi connectivity index (χ2n) is 5.26. The van der Waals surface area contributed by atoms with Crippen molar-refractivity contribution in [1.82, 2.24) is 0 Å². The molecule has 0 spiro atoms. The molecule has 5 nitrogen and oxygen atoms in total. The van der Waals surface area contributed by atoms with Crippen LogP contribution in [-0.2, 0) is 4.79 Å². The van der Waals surface area contributed by atoms with Crippen molar-refractivity contribution in [3.63, 3.8) is 0 Å². The molecule has 0 amide bonds. The van der Waals surface area contributed by atoms with Gasteiger partial charge < -0.3 is 20.3 Å². The number of alkyl halides is 2. The molecule has 21 heavy (non-hydrogen) atoms. The summed E-state index contributed by atoms with van der Waals surface area (Å²) in [7, 11) is 1.33. The molecule has 0 bridgehead atoms. The molecule has 118 valence electrons. The third-order valence-corrected chi connectivity index (χ3v) is 3.08. The Labute approximate surface area is 121 Å². The number of hydrogen-bond acceptors (Lipinski definition) is 4. The summed E-state index contributed by atoms with van der Waals surface area (Å²) < 4.78 is 34.2. The fourth-order valence-electron chi connectivity index (χ4n) is 2.08. The summed E-state index contributed by atoms with van der Waals surface area (Å²) in [4.78, 5) is 11.0. The van der Waals surface area contributed by atoms with Gasteiger partial charge in [0.15, 0.2) is 11.5 Å². The second kappa shape index (κ2) is 6.71. The largest absolute Gasteiger partial charge is 0.493 e. The van der Waals surface area contributed by atoms with Crippen LogP contribution in [0.15, 0.2) is 18.2 Å². The highest BCUT2D eigenvalue weighted by Crippen LogP contribution is 2.36. The van der Waals surface area contributed by atoms with E-state index in [9.17, 15) is 13.6 Å². The predicted octanol–water partition coefficient (Wildman–Crippen LogP) is 2.59. The van der Waals surface area contributed by atoms with Crippen molar-refractivity contribution < 1.29 is 28.2 Å². The standard InChI is InChI=1S/C14H19F2NO4/c1-14(2,17)9(7-12(18)19)8-4-5-10(20-3)11(6-8)21-13(15)16/h4-6,9,13H,7,17H2,1-3H3,(H,18,19). The van der Waals surface area contributed by atoms with Gasteiger partial charge in [-0.1, -0.05) is 6.07 Å². The number of benzene rings is 1. The zero-order valence-electron chi connectivity index (χ0n) is 12.1. The first-order chi connectivity index (χ1) is 9.65. The molecule has 0 saturated heterocycles. The van der Waals surface area contributed by atoms with Gasteiger partial charge in [0.05, 0.1) is 13.5 Å². The molecule has 0 aliphatic carbocycles. The van der Waals surface area contributed by atoms with E-state index < -0.39 is 24.0 Å². The Morgan fingerprint density at radius 2 is 2.00 bits per heavy atom. The van der Waals surface area contributed by atoms with Gasteiger partial charge in [-0.2, -0.15) is 8.78 Å². The topological polar surface area (TPSA) is 81.8 Å². The van der Waals surface area contributed by atoms with Crippen LogP contribution in [0, 0.1) is 0 Å². The molecule has 0 aliphatic rings. The molecule has 0 radical (unpaired) electrons. The molecule has 3 N–H and O–H groups in total. The third kappa shape index (κ3) is 4.86. The number of rotatable bonds is 7. The quantitative estimate of drug-likeness (QED) is 0.809. The molecular weight excluding hydrogens is 284 g/mol. The highest BCUT2D eigenvalue weighted by molar-refractivity contribution is 5.68. The molecule has 1 atom stereocenters. The summed E-state index contributed by atoms with van der Waals surface area (Å²) in [6.07, 6.45) is -0.218. The minimum absolute atomic E-state index is 0.142. The monoisotopic (exact) mass is 303 g/mol. The SMILES string of the molecule is COc1ccc(C(CC(=O)O)C(C)(C)N)cc1OC(F)F. The van der Waals surface area contributed by atoms with E-state index in [1.165, 1.54) is 19.2 Å². The van der Waals surface area contributed by atoms with Crippen molar-refractivity contribution in [1.29, 1.82) is 0 Å². The molecule has 0 aromatic heterocycles. The number of ether oxygens (including phenoxy) is 2.